The van der Waals surface area contributed by atoms with Gasteiger partial charge >= 0.3 is 0 Å². The molecule has 1 fully saturated rings. The zero-order valence-electron chi connectivity index (χ0n) is 16.8. The summed E-state index contributed by atoms with van der Waals surface area (Å²) in [6, 6.07) is 19.1. The van der Waals surface area contributed by atoms with Crippen molar-refractivity contribution in [1.29, 1.82) is 0 Å². The van der Waals surface area contributed by atoms with Gasteiger partial charge in [-0.25, -0.2) is 0 Å². The molecule has 2 aromatic carbocycles. The monoisotopic (exact) mass is 404 g/mol. The summed E-state index contributed by atoms with van der Waals surface area (Å²) < 4.78 is 7.44. The van der Waals surface area contributed by atoms with Gasteiger partial charge in [-0.05, 0) is 17.5 Å². The quantitative estimate of drug-likeness (QED) is 0.685. The number of aryl methyl sites for hydroxylation is 2. The summed E-state index contributed by atoms with van der Waals surface area (Å²) >= 11 is 0. The third-order valence-electron chi connectivity index (χ3n) is 5.26. The molecule has 2 amide bonds. The Balaban J connectivity index is 1.43. The van der Waals surface area contributed by atoms with Crippen molar-refractivity contribution in [3.8, 4) is 0 Å². The largest absolute Gasteiger partial charge is 0.356 e. The van der Waals surface area contributed by atoms with Crippen LogP contribution in [0.5, 0.6) is 0 Å². The fraction of sp³-hybridized carbons (Fsp3) is 0.261. The fourth-order valence-corrected chi connectivity index (χ4v) is 3.63. The number of benzene rings is 2. The van der Waals surface area contributed by atoms with Gasteiger partial charge in [0.1, 0.15) is 6.61 Å². The second-order valence-corrected chi connectivity index (χ2v) is 7.31. The van der Waals surface area contributed by atoms with Gasteiger partial charge in [0, 0.05) is 19.8 Å². The molecule has 2 heterocycles. The van der Waals surface area contributed by atoms with Gasteiger partial charge in [-0.2, -0.15) is 5.10 Å². The number of nitrogens with one attached hydrogen (secondary N) is 1. The lowest BCUT2D eigenvalue weighted by Gasteiger charge is -2.38. The molecule has 7 nitrogen and oxygen atoms in total. The van der Waals surface area contributed by atoms with Crippen LogP contribution in [0.1, 0.15) is 17.2 Å². The molecule has 1 aliphatic heterocycles. The minimum absolute atomic E-state index is 0.117. The second kappa shape index (κ2) is 8.92. The average molecular weight is 404 g/mol. The number of carbonyl (C=O) groups is 2. The van der Waals surface area contributed by atoms with E-state index < -0.39 is 12.1 Å². The second-order valence-electron chi connectivity index (χ2n) is 7.31. The minimum atomic E-state index is -0.803. The molecule has 3 aromatic rings. The zero-order valence-corrected chi connectivity index (χ0v) is 16.8. The zero-order chi connectivity index (χ0) is 20.9. The van der Waals surface area contributed by atoms with Crippen molar-refractivity contribution in [2.45, 2.75) is 25.1 Å². The molecule has 2 unspecified atom stereocenters. The van der Waals surface area contributed by atoms with Crippen molar-refractivity contribution in [3.63, 3.8) is 0 Å². The summed E-state index contributed by atoms with van der Waals surface area (Å²) in [6.07, 6.45) is 3.47. The molecule has 0 bridgehead atoms. The number of anilines is 1. The van der Waals surface area contributed by atoms with E-state index >= 15 is 0 Å². The van der Waals surface area contributed by atoms with E-state index in [1.54, 1.807) is 29.0 Å². The van der Waals surface area contributed by atoms with Gasteiger partial charge in [-0.1, -0.05) is 60.7 Å². The lowest BCUT2D eigenvalue weighted by molar-refractivity contribution is -0.160. The van der Waals surface area contributed by atoms with Crippen LogP contribution >= 0.6 is 0 Å². The number of hydrogen-bond donors (Lipinski definition) is 1. The Kier molecular flexibility index (Phi) is 5.90. The fourth-order valence-electron chi connectivity index (χ4n) is 3.63. The first kappa shape index (κ1) is 19.8. The van der Waals surface area contributed by atoms with E-state index in [1.807, 2.05) is 48.5 Å². The number of likely N-dealkylation sites (N-methyl/N-ethyl adjacent to an activating group) is 1. The topological polar surface area (TPSA) is 76.5 Å². The maximum atomic E-state index is 13.0. The average Bonchev–Trinajstić information content (AvgIpc) is 3.22. The van der Waals surface area contributed by atoms with Gasteiger partial charge in [0.25, 0.3) is 5.91 Å². The van der Waals surface area contributed by atoms with Crippen molar-refractivity contribution in [2.75, 3.05) is 19.0 Å². The van der Waals surface area contributed by atoms with E-state index in [4.69, 9.17) is 4.74 Å². The number of aromatic nitrogens is 2. The highest BCUT2D eigenvalue weighted by Gasteiger charge is 2.40. The molecule has 4 rings (SSSR count). The van der Waals surface area contributed by atoms with E-state index in [0.29, 0.717) is 12.2 Å². The van der Waals surface area contributed by atoms with Crippen molar-refractivity contribution in [3.05, 3.63) is 84.2 Å². The highest BCUT2D eigenvalue weighted by molar-refractivity contribution is 5.96. The SMILES string of the molecule is CN1C(=O)COC(C(=O)Nc2cnn(CCc3ccccc3)c2)C1c1ccccc1. The number of morpholine rings is 1. The smallest absolute Gasteiger partial charge is 0.256 e. The lowest BCUT2D eigenvalue weighted by Crippen LogP contribution is -2.51. The number of nitrogens with zero attached hydrogens (tertiary/aromatic N) is 3. The van der Waals surface area contributed by atoms with Gasteiger partial charge in [0.15, 0.2) is 6.10 Å². The number of rotatable bonds is 6. The van der Waals surface area contributed by atoms with Crippen LogP contribution in [0, 0.1) is 0 Å². The number of amides is 2. The highest BCUT2D eigenvalue weighted by Crippen LogP contribution is 2.29. The van der Waals surface area contributed by atoms with Crippen LogP contribution in [0.25, 0.3) is 0 Å². The van der Waals surface area contributed by atoms with Crippen LogP contribution in [-0.4, -0.2) is 46.3 Å². The number of carbonyl (C=O) groups excluding carboxylic acids is 2. The molecule has 1 saturated heterocycles. The number of hydrogen-bond acceptors (Lipinski definition) is 4. The van der Waals surface area contributed by atoms with Gasteiger partial charge in [-0.3, -0.25) is 14.3 Å². The summed E-state index contributed by atoms with van der Waals surface area (Å²) in [4.78, 5) is 26.7. The molecule has 0 aliphatic carbocycles. The standard InChI is InChI=1S/C23H24N4O3/c1-26-20(28)16-30-22(21(26)18-10-6-3-7-11-18)23(29)25-19-14-24-27(15-19)13-12-17-8-4-2-5-9-17/h2-11,14-15,21-22H,12-13,16H2,1H3,(H,25,29). The Bertz CT molecular complexity index is 1000. The Hall–Kier alpha value is -3.45. The first-order valence-electron chi connectivity index (χ1n) is 9.91. The van der Waals surface area contributed by atoms with E-state index in [9.17, 15) is 9.59 Å². The first-order valence-corrected chi connectivity index (χ1v) is 9.91. The van der Waals surface area contributed by atoms with Crippen LogP contribution in [0.4, 0.5) is 5.69 Å². The summed E-state index contributed by atoms with van der Waals surface area (Å²) in [5.74, 6) is -0.451. The van der Waals surface area contributed by atoms with Crippen molar-refractivity contribution in [1.82, 2.24) is 14.7 Å². The molecular weight excluding hydrogens is 380 g/mol. The third kappa shape index (κ3) is 4.41. The molecule has 1 aliphatic rings. The Morgan fingerprint density at radius 3 is 2.57 bits per heavy atom. The summed E-state index contributed by atoms with van der Waals surface area (Å²) in [6.45, 7) is 0.595. The molecule has 1 N–H and O–H groups in total. The normalized spacial score (nSPS) is 19.0. The number of ether oxygens (including phenoxy) is 1. The van der Waals surface area contributed by atoms with Gasteiger partial charge in [0.2, 0.25) is 5.91 Å². The van der Waals surface area contributed by atoms with Crippen LogP contribution in [0.2, 0.25) is 0 Å². The molecule has 154 valence electrons. The van der Waals surface area contributed by atoms with Crippen LogP contribution in [0.3, 0.4) is 0 Å². The van der Waals surface area contributed by atoms with E-state index in [1.165, 1.54) is 5.56 Å². The Morgan fingerprint density at radius 2 is 1.83 bits per heavy atom. The lowest BCUT2D eigenvalue weighted by atomic mass is 9.97. The first-order chi connectivity index (χ1) is 14.6. The van der Waals surface area contributed by atoms with E-state index in [-0.39, 0.29) is 18.4 Å². The van der Waals surface area contributed by atoms with Gasteiger partial charge in [-0.15, -0.1) is 0 Å². The predicted molar refractivity (Wildman–Crippen MR) is 113 cm³/mol. The molecule has 2 atom stereocenters. The van der Waals surface area contributed by atoms with Crippen LogP contribution in [0.15, 0.2) is 73.1 Å². The van der Waals surface area contributed by atoms with E-state index in [2.05, 4.69) is 22.5 Å². The molecule has 0 saturated carbocycles. The molecule has 1 aromatic heterocycles. The van der Waals surface area contributed by atoms with Crippen molar-refractivity contribution < 1.29 is 14.3 Å². The molecule has 0 radical (unpaired) electrons. The Morgan fingerprint density at radius 1 is 1.13 bits per heavy atom. The molecular formula is C23H24N4O3. The molecule has 0 spiro atoms. The predicted octanol–water partition coefficient (Wildman–Crippen LogP) is 2.66. The van der Waals surface area contributed by atoms with Crippen molar-refractivity contribution in [2.24, 2.45) is 0 Å². The van der Waals surface area contributed by atoms with Crippen LogP contribution < -0.4 is 5.32 Å². The Labute approximate surface area is 175 Å². The molecule has 30 heavy (non-hydrogen) atoms. The molecule has 7 heteroatoms. The maximum absolute atomic E-state index is 13.0. The summed E-state index contributed by atoms with van der Waals surface area (Å²) in [5.41, 5.74) is 2.68. The van der Waals surface area contributed by atoms with Crippen molar-refractivity contribution >= 4 is 17.5 Å². The summed E-state index contributed by atoms with van der Waals surface area (Å²) in [5, 5.41) is 7.21. The van der Waals surface area contributed by atoms with Gasteiger partial charge < -0.3 is 15.0 Å². The minimum Gasteiger partial charge on any atom is -0.356 e. The highest BCUT2D eigenvalue weighted by atomic mass is 16.5. The van der Waals surface area contributed by atoms with Crippen LogP contribution in [-0.2, 0) is 27.3 Å². The van der Waals surface area contributed by atoms with E-state index in [0.717, 1.165) is 12.0 Å². The third-order valence-corrected chi connectivity index (χ3v) is 5.26. The maximum Gasteiger partial charge on any atom is 0.256 e. The van der Waals surface area contributed by atoms with Gasteiger partial charge in [0.05, 0.1) is 17.9 Å². The summed E-state index contributed by atoms with van der Waals surface area (Å²) in [7, 11) is 1.70.